The molecular weight excluding hydrogens is 580 g/mol. The smallest absolute Gasteiger partial charge is 0.326 e. The summed E-state index contributed by atoms with van der Waals surface area (Å²) in [6.45, 7) is 4.00. The van der Waals surface area contributed by atoms with Crippen LogP contribution in [-0.2, 0) is 30.8 Å². The number of benzene rings is 2. The number of anilines is 1. The van der Waals surface area contributed by atoms with Crippen LogP contribution in [0.3, 0.4) is 0 Å². The molecule has 0 radical (unpaired) electrons. The lowest BCUT2D eigenvalue weighted by Crippen LogP contribution is -2.53. The number of guanidine groups is 1. The van der Waals surface area contributed by atoms with Crippen LogP contribution in [0.1, 0.15) is 31.7 Å². The van der Waals surface area contributed by atoms with Gasteiger partial charge in [0.25, 0.3) is 0 Å². The molecule has 2 amide bonds. The van der Waals surface area contributed by atoms with Gasteiger partial charge in [0.2, 0.25) is 21.8 Å². The van der Waals surface area contributed by atoms with Gasteiger partial charge in [-0.2, -0.15) is 4.31 Å². The lowest BCUT2D eigenvalue weighted by Gasteiger charge is -2.27. The zero-order valence-electron chi connectivity index (χ0n) is 23.3. The standard InChI is InChI=1S/C28H36N6O6S2/c1-19-34(42(39,40)22-7-3-2-4-8-22)24(18-41-19)26(36)33-23(27(37)38)17-20-10-12-21(13-11-20)32-25(35)9-5-14-29-28-30-15-6-16-31-28/h2-4,7-8,10-13,19,23-24H,5-6,9,14-18H2,1H3,(H,32,35)(H,33,36)(H,37,38)(H2,29,30,31)/t19?,23-,24-/m0/s1. The van der Waals surface area contributed by atoms with E-state index in [1.54, 1.807) is 49.4 Å². The molecule has 0 saturated carbocycles. The number of carbonyl (C=O) groups is 3. The maximum absolute atomic E-state index is 13.3. The van der Waals surface area contributed by atoms with Gasteiger partial charge in [0, 0.05) is 43.9 Å². The zero-order chi connectivity index (χ0) is 30.1. The Morgan fingerprint density at radius 1 is 1.14 bits per heavy atom. The fraction of sp³-hybridized carbons (Fsp3) is 0.429. The number of thioether (sulfide) groups is 1. The fourth-order valence-corrected chi connectivity index (χ4v) is 7.98. The van der Waals surface area contributed by atoms with Gasteiger partial charge in [-0.1, -0.05) is 30.3 Å². The van der Waals surface area contributed by atoms with Crippen molar-refractivity contribution in [1.29, 1.82) is 0 Å². The predicted molar refractivity (Wildman–Crippen MR) is 162 cm³/mol. The topological polar surface area (TPSA) is 169 Å². The van der Waals surface area contributed by atoms with Crippen molar-refractivity contribution in [3.8, 4) is 0 Å². The Bertz CT molecular complexity index is 1390. The monoisotopic (exact) mass is 616 g/mol. The summed E-state index contributed by atoms with van der Waals surface area (Å²) in [4.78, 5) is 41.9. The molecule has 2 aliphatic rings. The highest BCUT2D eigenvalue weighted by Gasteiger charge is 2.45. The van der Waals surface area contributed by atoms with Gasteiger partial charge in [-0.25, -0.2) is 13.2 Å². The van der Waals surface area contributed by atoms with Crippen LogP contribution in [0, 0.1) is 0 Å². The van der Waals surface area contributed by atoms with E-state index in [9.17, 15) is 27.9 Å². The molecule has 3 atom stereocenters. The van der Waals surface area contributed by atoms with E-state index in [0.29, 0.717) is 30.6 Å². The van der Waals surface area contributed by atoms with E-state index in [1.165, 1.54) is 23.9 Å². The van der Waals surface area contributed by atoms with Crippen LogP contribution >= 0.6 is 11.8 Å². The summed E-state index contributed by atoms with van der Waals surface area (Å²) in [6.07, 6.45) is 1.95. The molecule has 2 aromatic carbocycles. The fourth-order valence-electron chi connectivity index (χ4n) is 4.66. The normalized spacial score (nSPS) is 19.7. The second-order valence-electron chi connectivity index (χ2n) is 9.99. The third kappa shape index (κ3) is 8.23. The summed E-state index contributed by atoms with van der Waals surface area (Å²) in [6, 6.07) is 12.3. The SMILES string of the molecule is CC1SC[C@@H](C(=O)N[C@@H](Cc2ccc(NC(=O)CCCNC3=NCCCN3)cc2)C(=O)O)N1S(=O)(=O)c1ccccc1. The van der Waals surface area contributed by atoms with Gasteiger partial charge < -0.3 is 26.4 Å². The van der Waals surface area contributed by atoms with Crippen molar-refractivity contribution in [3.63, 3.8) is 0 Å². The molecule has 5 N–H and O–H groups in total. The van der Waals surface area contributed by atoms with Crippen LogP contribution in [0.5, 0.6) is 0 Å². The number of amides is 2. The van der Waals surface area contributed by atoms with Crippen molar-refractivity contribution < 1.29 is 27.9 Å². The van der Waals surface area contributed by atoms with Gasteiger partial charge in [-0.15, -0.1) is 11.8 Å². The summed E-state index contributed by atoms with van der Waals surface area (Å²) < 4.78 is 27.7. The molecule has 42 heavy (non-hydrogen) atoms. The lowest BCUT2D eigenvalue weighted by molar-refractivity contribution is -0.142. The number of nitrogens with zero attached hydrogens (tertiary/aromatic N) is 2. The molecule has 0 bridgehead atoms. The largest absolute Gasteiger partial charge is 0.480 e. The molecule has 226 valence electrons. The molecule has 0 spiro atoms. The maximum Gasteiger partial charge on any atom is 0.326 e. The minimum atomic E-state index is -3.97. The van der Waals surface area contributed by atoms with Gasteiger partial charge in [-0.3, -0.25) is 14.6 Å². The highest BCUT2D eigenvalue weighted by molar-refractivity contribution is 8.01. The predicted octanol–water partition coefficient (Wildman–Crippen LogP) is 1.61. The van der Waals surface area contributed by atoms with E-state index < -0.39 is 39.4 Å². The van der Waals surface area contributed by atoms with Crippen molar-refractivity contribution in [2.75, 3.05) is 30.7 Å². The van der Waals surface area contributed by atoms with Crippen molar-refractivity contribution >= 4 is 51.2 Å². The summed E-state index contributed by atoms with van der Waals surface area (Å²) >= 11 is 1.31. The Morgan fingerprint density at radius 2 is 1.88 bits per heavy atom. The Kier molecular flexibility index (Phi) is 10.8. The van der Waals surface area contributed by atoms with Gasteiger partial charge in [-0.05, 0) is 49.6 Å². The molecule has 1 unspecified atom stereocenters. The van der Waals surface area contributed by atoms with Crippen LogP contribution < -0.4 is 21.3 Å². The summed E-state index contributed by atoms with van der Waals surface area (Å²) in [5, 5.41) is 21.0. The first-order chi connectivity index (χ1) is 20.1. The second-order valence-corrected chi connectivity index (χ2v) is 13.2. The molecule has 2 aliphatic heterocycles. The molecule has 2 heterocycles. The molecule has 0 aliphatic carbocycles. The van der Waals surface area contributed by atoms with E-state index in [2.05, 4.69) is 26.3 Å². The minimum absolute atomic E-state index is 0.0141. The molecule has 14 heteroatoms. The van der Waals surface area contributed by atoms with E-state index in [-0.39, 0.29) is 23.0 Å². The third-order valence-corrected chi connectivity index (χ3v) is 10.2. The summed E-state index contributed by atoms with van der Waals surface area (Å²) in [5.41, 5.74) is 1.21. The van der Waals surface area contributed by atoms with Crippen molar-refractivity contribution in [2.45, 2.75) is 55.0 Å². The molecular formula is C28H36N6O6S2. The lowest BCUT2D eigenvalue weighted by atomic mass is 10.0. The zero-order valence-corrected chi connectivity index (χ0v) is 24.9. The van der Waals surface area contributed by atoms with Crippen LogP contribution in [0.25, 0.3) is 0 Å². The molecule has 1 fully saturated rings. The van der Waals surface area contributed by atoms with Gasteiger partial charge in [0.15, 0.2) is 5.96 Å². The van der Waals surface area contributed by atoms with Gasteiger partial charge >= 0.3 is 5.97 Å². The third-order valence-electron chi connectivity index (χ3n) is 6.84. The van der Waals surface area contributed by atoms with Crippen molar-refractivity contribution in [2.24, 2.45) is 4.99 Å². The molecule has 2 aromatic rings. The first kappa shape index (κ1) is 31.3. The number of aliphatic carboxylic acids is 1. The Hall–Kier alpha value is -3.62. The number of hydrogen-bond acceptors (Lipinski definition) is 9. The number of hydrogen-bond donors (Lipinski definition) is 5. The number of carbonyl (C=O) groups excluding carboxylic acids is 2. The Labute approximate surface area is 249 Å². The number of sulfonamides is 1. The van der Waals surface area contributed by atoms with Crippen LogP contribution in [0.2, 0.25) is 0 Å². The first-order valence-electron chi connectivity index (χ1n) is 13.8. The Balaban J connectivity index is 1.30. The second kappa shape index (κ2) is 14.5. The van der Waals surface area contributed by atoms with Crippen LogP contribution in [-0.4, -0.2) is 84.4 Å². The number of carboxylic acids is 1. The van der Waals surface area contributed by atoms with E-state index in [1.807, 2.05) is 0 Å². The quantitative estimate of drug-likeness (QED) is 0.222. The van der Waals surface area contributed by atoms with E-state index >= 15 is 0 Å². The average Bonchev–Trinajstić information content (AvgIpc) is 3.39. The number of rotatable bonds is 12. The van der Waals surface area contributed by atoms with Crippen LogP contribution in [0.15, 0.2) is 64.5 Å². The molecule has 1 saturated heterocycles. The van der Waals surface area contributed by atoms with Crippen molar-refractivity contribution in [1.82, 2.24) is 20.3 Å². The molecule has 0 aromatic heterocycles. The van der Waals surface area contributed by atoms with E-state index in [0.717, 1.165) is 29.8 Å². The average molecular weight is 617 g/mol. The minimum Gasteiger partial charge on any atom is -0.480 e. The highest BCUT2D eigenvalue weighted by Crippen LogP contribution is 2.34. The van der Waals surface area contributed by atoms with Crippen LogP contribution in [0.4, 0.5) is 5.69 Å². The first-order valence-corrected chi connectivity index (χ1v) is 16.3. The number of nitrogens with one attached hydrogen (secondary N) is 4. The maximum atomic E-state index is 13.3. The number of carboxylic acid groups (broad SMARTS) is 1. The highest BCUT2D eigenvalue weighted by atomic mass is 32.2. The summed E-state index contributed by atoms with van der Waals surface area (Å²) in [5.74, 6) is -1.07. The Morgan fingerprint density at radius 3 is 2.55 bits per heavy atom. The van der Waals surface area contributed by atoms with Crippen molar-refractivity contribution in [3.05, 3.63) is 60.2 Å². The van der Waals surface area contributed by atoms with E-state index in [4.69, 9.17) is 0 Å². The summed E-state index contributed by atoms with van der Waals surface area (Å²) in [7, 11) is -3.97. The molecule has 4 rings (SSSR count). The number of aliphatic imine (C=N–C) groups is 1. The van der Waals surface area contributed by atoms with Gasteiger partial charge in [0.05, 0.1) is 10.3 Å². The van der Waals surface area contributed by atoms with Gasteiger partial charge in [0.1, 0.15) is 12.1 Å². The molecule has 12 nitrogen and oxygen atoms in total.